The third kappa shape index (κ3) is 3.48. The summed E-state index contributed by atoms with van der Waals surface area (Å²) in [6.45, 7) is 3.96. The number of piperidine rings is 1. The first-order chi connectivity index (χ1) is 9.86. The lowest BCUT2D eigenvalue weighted by Crippen LogP contribution is -2.43. The van der Waals surface area contributed by atoms with Crippen molar-refractivity contribution in [2.75, 3.05) is 13.1 Å². The Morgan fingerprint density at radius 1 is 1.57 bits per heavy atom. The average Bonchev–Trinajstić information content (AvgIpc) is 2.85. The standard InChI is InChI=1S/C13H16ClNO4S2/c1-2-11(10-5-6-12(14)20-10)21(18,19)15-7-3-4-9(8-15)13(16)17/h2,5-6,9,11H,1,3-4,7-8H2,(H,16,17). The lowest BCUT2D eigenvalue weighted by molar-refractivity contribution is -0.142. The van der Waals surface area contributed by atoms with Gasteiger partial charge in [-0.3, -0.25) is 4.79 Å². The lowest BCUT2D eigenvalue weighted by atomic mass is 10.0. The molecular formula is C13H16ClNO4S2. The molecule has 0 radical (unpaired) electrons. The normalized spacial score (nSPS) is 21.9. The van der Waals surface area contributed by atoms with Crippen LogP contribution in [0.25, 0.3) is 0 Å². The second-order valence-electron chi connectivity index (χ2n) is 4.88. The summed E-state index contributed by atoms with van der Waals surface area (Å²) in [4.78, 5) is 11.7. The Morgan fingerprint density at radius 2 is 2.29 bits per heavy atom. The van der Waals surface area contributed by atoms with E-state index in [-0.39, 0.29) is 6.54 Å². The molecule has 2 atom stereocenters. The maximum absolute atomic E-state index is 12.7. The van der Waals surface area contributed by atoms with Crippen LogP contribution in [0.5, 0.6) is 0 Å². The van der Waals surface area contributed by atoms with Crippen molar-refractivity contribution in [3.63, 3.8) is 0 Å². The Morgan fingerprint density at radius 3 is 2.81 bits per heavy atom. The van der Waals surface area contributed by atoms with E-state index in [0.29, 0.717) is 28.6 Å². The molecule has 0 spiro atoms. The summed E-state index contributed by atoms with van der Waals surface area (Å²) in [7, 11) is -3.68. The van der Waals surface area contributed by atoms with Gasteiger partial charge < -0.3 is 5.11 Å². The SMILES string of the molecule is C=CC(c1ccc(Cl)s1)S(=O)(=O)N1CCCC(C(=O)O)C1. The molecule has 1 fully saturated rings. The highest BCUT2D eigenvalue weighted by atomic mass is 35.5. The van der Waals surface area contributed by atoms with Crippen molar-refractivity contribution < 1.29 is 18.3 Å². The number of thiophene rings is 1. The van der Waals surface area contributed by atoms with Gasteiger partial charge in [-0.25, -0.2) is 12.7 Å². The fraction of sp³-hybridized carbons (Fsp3) is 0.462. The molecule has 0 saturated carbocycles. The van der Waals surface area contributed by atoms with E-state index in [1.807, 2.05) is 0 Å². The highest BCUT2D eigenvalue weighted by Gasteiger charge is 2.37. The molecule has 2 heterocycles. The third-order valence-corrected chi connectivity index (χ3v) is 7.11. The van der Waals surface area contributed by atoms with Gasteiger partial charge in [0.15, 0.2) is 0 Å². The third-order valence-electron chi connectivity index (χ3n) is 3.50. The summed E-state index contributed by atoms with van der Waals surface area (Å²) >= 11 is 7.05. The maximum Gasteiger partial charge on any atom is 0.307 e. The zero-order valence-corrected chi connectivity index (χ0v) is 13.6. The van der Waals surface area contributed by atoms with E-state index in [2.05, 4.69) is 6.58 Å². The van der Waals surface area contributed by atoms with E-state index < -0.39 is 27.2 Å². The van der Waals surface area contributed by atoms with Gasteiger partial charge in [0.25, 0.3) is 0 Å². The van der Waals surface area contributed by atoms with Crippen molar-refractivity contribution in [3.8, 4) is 0 Å². The van der Waals surface area contributed by atoms with Crippen LogP contribution in [-0.4, -0.2) is 36.9 Å². The molecule has 0 bridgehead atoms. The number of hydrogen-bond acceptors (Lipinski definition) is 4. The van der Waals surface area contributed by atoms with Gasteiger partial charge in [0.1, 0.15) is 5.25 Å². The number of carboxylic acids is 1. The first-order valence-electron chi connectivity index (χ1n) is 6.46. The van der Waals surface area contributed by atoms with Crippen molar-refractivity contribution >= 4 is 38.9 Å². The molecule has 0 aromatic carbocycles. The predicted octanol–water partition coefficient (Wildman–Crippen LogP) is 2.76. The minimum atomic E-state index is -3.68. The molecule has 2 rings (SSSR count). The number of rotatable bonds is 5. The number of aliphatic carboxylic acids is 1. The highest BCUT2D eigenvalue weighted by molar-refractivity contribution is 7.89. The van der Waals surface area contributed by atoms with Gasteiger partial charge in [-0.2, -0.15) is 0 Å². The smallest absolute Gasteiger partial charge is 0.307 e. The average molecular weight is 350 g/mol. The van der Waals surface area contributed by atoms with Gasteiger partial charge in [0.2, 0.25) is 10.0 Å². The molecule has 1 N–H and O–H groups in total. The quantitative estimate of drug-likeness (QED) is 0.829. The molecule has 2 unspecified atom stereocenters. The molecule has 0 aliphatic carbocycles. The Labute approximate surface area is 132 Å². The minimum absolute atomic E-state index is 0.0150. The molecule has 1 saturated heterocycles. The molecule has 1 aromatic heterocycles. The number of nitrogens with zero attached hydrogens (tertiary/aromatic N) is 1. The van der Waals surface area contributed by atoms with E-state index in [9.17, 15) is 13.2 Å². The second kappa shape index (κ2) is 6.48. The summed E-state index contributed by atoms with van der Waals surface area (Å²) in [6.07, 6.45) is 2.41. The van der Waals surface area contributed by atoms with Crippen LogP contribution in [0.15, 0.2) is 24.8 Å². The van der Waals surface area contributed by atoms with Gasteiger partial charge in [0.05, 0.1) is 10.3 Å². The summed E-state index contributed by atoms with van der Waals surface area (Å²) in [6, 6.07) is 3.30. The maximum atomic E-state index is 12.7. The second-order valence-corrected chi connectivity index (χ2v) is 8.68. The van der Waals surface area contributed by atoms with Gasteiger partial charge in [-0.15, -0.1) is 17.9 Å². The van der Waals surface area contributed by atoms with Crippen LogP contribution in [0, 0.1) is 5.92 Å². The van der Waals surface area contributed by atoms with Crippen LogP contribution in [0.3, 0.4) is 0 Å². The van der Waals surface area contributed by atoms with Crippen molar-refractivity contribution in [2.45, 2.75) is 18.1 Å². The van der Waals surface area contributed by atoms with Crippen molar-refractivity contribution in [1.29, 1.82) is 0 Å². The first kappa shape index (κ1) is 16.5. The van der Waals surface area contributed by atoms with Crippen LogP contribution in [-0.2, 0) is 14.8 Å². The molecule has 1 aliphatic rings. The van der Waals surface area contributed by atoms with Crippen LogP contribution in [0.4, 0.5) is 0 Å². The van der Waals surface area contributed by atoms with E-state index in [1.54, 1.807) is 12.1 Å². The molecule has 8 heteroatoms. The molecular weight excluding hydrogens is 334 g/mol. The largest absolute Gasteiger partial charge is 0.481 e. The fourth-order valence-electron chi connectivity index (χ4n) is 2.40. The molecule has 116 valence electrons. The van der Waals surface area contributed by atoms with E-state index >= 15 is 0 Å². The van der Waals surface area contributed by atoms with Crippen LogP contribution in [0.1, 0.15) is 23.0 Å². The topological polar surface area (TPSA) is 74.7 Å². The van der Waals surface area contributed by atoms with E-state index in [4.69, 9.17) is 16.7 Å². The Balaban J connectivity index is 2.27. The van der Waals surface area contributed by atoms with Crippen LogP contribution < -0.4 is 0 Å². The summed E-state index contributed by atoms with van der Waals surface area (Å²) in [5.74, 6) is -1.60. The number of carbonyl (C=O) groups is 1. The molecule has 5 nitrogen and oxygen atoms in total. The molecule has 0 amide bonds. The molecule has 1 aromatic rings. The van der Waals surface area contributed by atoms with Crippen LogP contribution in [0.2, 0.25) is 4.34 Å². The monoisotopic (exact) mass is 349 g/mol. The number of carboxylic acid groups (broad SMARTS) is 1. The highest BCUT2D eigenvalue weighted by Crippen LogP contribution is 2.35. The van der Waals surface area contributed by atoms with Crippen molar-refractivity contribution in [3.05, 3.63) is 34.0 Å². The van der Waals surface area contributed by atoms with Gasteiger partial charge in [-0.1, -0.05) is 17.7 Å². The zero-order chi connectivity index (χ0) is 15.6. The van der Waals surface area contributed by atoms with E-state index in [0.717, 1.165) is 0 Å². The number of halogens is 1. The minimum Gasteiger partial charge on any atom is -0.481 e. The Hall–Kier alpha value is -0.890. The van der Waals surface area contributed by atoms with Gasteiger partial charge >= 0.3 is 5.97 Å². The van der Waals surface area contributed by atoms with Gasteiger partial charge in [-0.05, 0) is 25.0 Å². The van der Waals surface area contributed by atoms with Crippen molar-refractivity contribution in [1.82, 2.24) is 4.31 Å². The summed E-state index contributed by atoms with van der Waals surface area (Å²) < 4.78 is 27.2. The lowest BCUT2D eigenvalue weighted by Gasteiger charge is -2.31. The predicted molar refractivity (Wildman–Crippen MR) is 83.1 cm³/mol. The van der Waals surface area contributed by atoms with Gasteiger partial charge in [0, 0.05) is 18.0 Å². The first-order valence-corrected chi connectivity index (χ1v) is 9.15. The molecule has 21 heavy (non-hydrogen) atoms. The fourth-order valence-corrected chi connectivity index (χ4v) is 5.66. The van der Waals surface area contributed by atoms with E-state index in [1.165, 1.54) is 21.7 Å². The number of sulfonamides is 1. The van der Waals surface area contributed by atoms with Crippen LogP contribution >= 0.6 is 22.9 Å². The number of hydrogen-bond donors (Lipinski definition) is 1. The Kier molecular flexibility index (Phi) is 5.08. The zero-order valence-electron chi connectivity index (χ0n) is 11.2. The summed E-state index contributed by atoms with van der Waals surface area (Å²) in [5.41, 5.74) is 0. The summed E-state index contributed by atoms with van der Waals surface area (Å²) in [5, 5.41) is 8.19. The molecule has 1 aliphatic heterocycles. The van der Waals surface area contributed by atoms with Crippen molar-refractivity contribution in [2.24, 2.45) is 5.92 Å². The Bertz CT molecular complexity index is 640.